The second kappa shape index (κ2) is 5.84. The summed E-state index contributed by atoms with van der Waals surface area (Å²) in [6.07, 6.45) is -0.829. The summed E-state index contributed by atoms with van der Waals surface area (Å²) >= 11 is 0. The third-order valence-electron chi connectivity index (χ3n) is 2.98. The third kappa shape index (κ3) is 3.32. The van der Waals surface area contributed by atoms with Crippen LogP contribution in [0.4, 0.5) is 0 Å². The number of phenolic OH excluding ortho intramolecular Hbond substituents is 2. The molecule has 3 atom stereocenters. The number of hydrogen-bond acceptors (Lipinski definition) is 7. The number of aliphatic hydroxyl groups is 1. The predicted octanol–water partition coefficient (Wildman–Crippen LogP) is 0.329. The third-order valence-corrected chi connectivity index (χ3v) is 2.98. The maximum Gasteiger partial charge on any atom is 0.339 e. The summed E-state index contributed by atoms with van der Waals surface area (Å²) in [5.41, 5.74) is 0.467. The van der Waals surface area contributed by atoms with Gasteiger partial charge in [0.2, 0.25) is 0 Å². The van der Waals surface area contributed by atoms with Gasteiger partial charge in [0, 0.05) is 6.08 Å². The van der Waals surface area contributed by atoms with Crippen LogP contribution in [0, 0.1) is 0 Å². The van der Waals surface area contributed by atoms with Gasteiger partial charge in [-0.25, -0.2) is 9.59 Å². The summed E-state index contributed by atoms with van der Waals surface area (Å²) in [5, 5.41) is 28.0. The fraction of sp³-hybridized carbons (Fsp3) is 0.286. The highest BCUT2D eigenvalue weighted by atomic mass is 16.6. The molecular formula is C14H14O7. The molecule has 0 bridgehead atoms. The Morgan fingerprint density at radius 2 is 2.05 bits per heavy atom. The maximum atomic E-state index is 11.6. The van der Waals surface area contributed by atoms with Gasteiger partial charge in [-0.2, -0.15) is 0 Å². The molecule has 1 aromatic rings. The number of phenols is 2. The highest BCUT2D eigenvalue weighted by Crippen LogP contribution is 2.25. The van der Waals surface area contributed by atoms with Crippen LogP contribution >= 0.6 is 0 Å². The van der Waals surface area contributed by atoms with Crippen LogP contribution in [0.15, 0.2) is 24.3 Å². The van der Waals surface area contributed by atoms with Crippen molar-refractivity contribution in [3.8, 4) is 11.5 Å². The molecule has 0 spiro atoms. The van der Waals surface area contributed by atoms with E-state index in [1.165, 1.54) is 31.2 Å². The maximum absolute atomic E-state index is 11.6. The SMILES string of the molecule is CC1OC(=O)C(O)C1OC(=O)C=Cc1ccc(O)c(O)c1. The van der Waals surface area contributed by atoms with Crippen LogP contribution < -0.4 is 0 Å². The minimum atomic E-state index is -1.49. The molecule has 7 heteroatoms. The van der Waals surface area contributed by atoms with Gasteiger partial charge in [0.15, 0.2) is 23.7 Å². The first-order chi connectivity index (χ1) is 9.88. The van der Waals surface area contributed by atoms with E-state index in [0.29, 0.717) is 5.56 Å². The number of carbonyl (C=O) groups excluding carboxylic acids is 2. The molecule has 3 N–H and O–H groups in total. The van der Waals surface area contributed by atoms with Gasteiger partial charge in [-0.1, -0.05) is 6.07 Å². The number of aromatic hydroxyl groups is 2. The lowest BCUT2D eigenvalue weighted by Gasteiger charge is -2.14. The number of ether oxygens (including phenoxy) is 2. The molecule has 0 amide bonds. The van der Waals surface area contributed by atoms with Crippen molar-refractivity contribution in [3.63, 3.8) is 0 Å². The number of rotatable bonds is 3. The van der Waals surface area contributed by atoms with Crippen LogP contribution in [0.3, 0.4) is 0 Å². The van der Waals surface area contributed by atoms with Crippen molar-refractivity contribution < 1.29 is 34.4 Å². The molecule has 112 valence electrons. The molecular weight excluding hydrogens is 280 g/mol. The zero-order chi connectivity index (χ0) is 15.6. The second-order valence-electron chi connectivity index (χ2n) is 4.57. The molecule has 0 saturated carbocycles. The molecule has 1 heterocycles. The van der Waals surface area contributed by atoms with Gasteiger partial charge in [-0.3, -0.25) is 0 Å². The molecule has 0 aliphatic carbocycles. The first kappa shape index (κ1) is 14.9. The van der Waals surface area contributed by atoms with Crippen LogP contribution in [0.5, 0.6) is 11.5 Å². The Kier molecular flexibility index (Phi) is 4.13. The lowest BCUT2D eigenvalue weighted by Crippen LogP contribution is -2.34. The molecule has 1 aliphatic heterocycles. The number of esters is 2. The van der Waals surface area contributed by atoms with Gasteiger partial charge >= 0.3 is 11.9 Å². The number of carbonyl (C=O) groups is 2. The van der Waals surface area contributed by atoms with Crippen molar-refractivity contribution in [3.05, 3.63) is 29.8 Å². The normalized spacial score (nSPS) is 25.0. The number of hydrogen-bond donors (Lipinski definition) is 3. The van der Waals surface area contributed by atoms with Crippen LogP contribution in [0.2, 0.25) is 0 Å². The predicted molar refractivity (Wildman–Crippen MR) is 70.2 cm³/mol. The van der Waals surface area contributed by atoms with Crippen LogP contribution in [0.1, 0.15) is 12.5 Å². The largest absolute Gasteiger partial charge is 0.504 e. The van der Waals surface area contributed by atoms with E-state index < -0.39 is 30.3 Å². The Morgan fingerprint density at radius 1 is 1.33 bits per heavy atom. The fourth-order valence-corrected chi connectivity index (χ4v) is 1.85. The summed E-state index contributed by atoms with van der Waals surface area (Å²) in [6, 6.07) is 4.02. The number of aliphatic hydroxyl groups excluding tert-OH is 1. The Hall–Kier alpha value is -2.54. The van der Waals surface area contributed by atoms with E-state index in [-0.39, 0.29) is 11.5 Å². The van der Waals surface area contributed by atoms with E-state index in [0.717, 1.165) is 6.08 Å². The molecule has 3 unspecified atom stereocenters. The Morgan fingerprint density at radius 3 is 2.62 bits per heavy atom. The first-order valence-corrected chi connectivity index (χ1v) is 6.17. The molecule has 1 aliphatic rings. The van der Waals surface area contributed by atoms with Crippen molar-refractivity contribution >= 4 is 18.0 Å². The molecule has 21 heavy (non-hydrogen) atoms. The molecule has 0 aromatic heterocycles. The molecule has 1 aromatic carbocycles. The Balaban J connectivity index is 1.99. The van der Waals surface area contributed by atoms with Gasteiger partial charge in [0.05, 0.1) is 0 Å². The standard InChI is InChI=1S/C14H14O7/c1-7-13(12(18)14(19)20-7)21-11(17)5-3-8-2-4-9(15)10(16)6-8/h2-7,12-13,15-16,18H,1H3. The van der Waals surface area contributed by atoms with Crippen LogP contribution in [0.25, 0.3) is 6.08 Å². The van der Waals surface area contributed by atoms with Crippen molar-refractivity contribution in [2.24, 2.45) is 0 Å². The lowest BCUT2D eigenvalue weighted by atomic mass is 10.1. The van der Waals surface area contributed by atoms with Gasteiger partial charge in [-0.05, 0) is 30.7 Å². The van der Waals surface area contributed by atoms with Crippen molar-refractivity contribution in [2.45, 2.75) is 25.2 Å². The number of cyclic esters (lactones) is 1. The summed E-state index contributed by atoms with van der Waals surface area (Å²) in [6.45, 7) is 1.51. The van der Waals surface area contributed by atoms with E-state index in [2.05, 4.69) is 0 Å². The minimum Gasteiger partial charge on any atom is -0.504 e. The Labute approximate surface area is 120 Å². The number of benzene rings is 1. The first-order valence-electron chi connectivity index (χ1n) is 6.17. The molecule has 1 fully saturated rings. The van der Waals surface area contributed by atoms with Gasteiger partial charge in [0.1, 0.15) is 6.10 Å². The van der Waals surface area contributed by atoms with Crippen molar-refractivity contribution in [1.29, 1.82) is 0 Å². The topological polar surface area (TPSA) is 113 Å². The zero-order valence-corrected chi connectivity index (χ0v) is 11.1. The van der Waals surface area contributed by atoms with E-state index >= 15 is 0 Å². The highest BCUT2D eigenvalue weighted by molar-refractivity contribution is 5.88. The van der Waals surface area contributed by atoms with Gasteiger partial charge < -0.3 is 24.8 Å². The minimum absolute atomic E-state index is 0.270. The smallest absolute Gasteiger partial charge is 0.339 e. The van der Waals surface area contributed by atoms with E-state index in [9.17, 15) is 19.8 Å². The summed E-state index contributed by atoms with van der Waals surface area (Å²) in [4.78, 5) is 22.7. The summed E-state index contributed by atoms with van der Waals surface area (Å²) in [7, 11) is 0. The van der Waals surface area contributed by atoms with Crippen molar-refractivity contribution in [1.82, 2.24) is 0 Å². The molecule has 1 saturated heterocycles. The van der Waals surface area contributed by atoms with Crippen molar-refractivity contribution in [2.75, 3.05) is 0 Å². The van der Waals surface area contributed by atoms with E-state index in [1.54, 1.807) is 0 Å². The summed E-state index contributed by atoms with van der Waals surface area (Å²) < 4.78 is 9.68. The molecule has 2 rings (SSSR count). The zero-order valence-electron chi connectivity index (χ0n) is 11.1. The average molecular weight is 294 g/mol. The van der Waals surface area contributed by atoms with E-state index in [4.69, 9.17) is 14.6 Å². The second-order valence-corrected chi connectivity index (χ2v) is 4.57. The van der Waals surface area contributed by atoms with Gasteiger partial charge in [-0.15, -0.1) is 0 Å². The quantitative estimate of drug-likeness (QED) is 0.418. The lowest BCUT2D eigenvalue weighted by molar-refractivity contribution is -0.149. The highest BCUT2D eigenvalue weighted by Gasteiger charge is 2.43. The fourth-order valence-electron chi connectivity index (χ4n) is 1.85. The molecule has 7 nitrogen and oxygen atoms in total. The monoisotopic (exact) mass is 294 g/mol. The van der Waals surface area contributed by atoms with Gasteiger partial charge in [0.25, 0.3) is 0 Å². The summed E-state index contributed by atoms with van der Waals surface area (Å²) in [5.74, 6) is -2.18. The van der Waals surface area contributed by atoms with Crippen LogP contribution in [-0.2, 0) is 19.1 Å². The molecule has 0 radical (unpaired) electrons. The Bertz CT molecular complexity index is 593. The van der Waals surface area contributed by atoms with E-state index in [1.807, 2.05) is 0 Å². The average Bonchev–Trinajstić information content (AvgIpc) is 2.67. The van der Waals surface area contributed by atoms with Crippen LogP contribution in [-0.4, -0.2) is 45.6 Å².